The van der Waals surface area contributed by atoms with Crippen molar-refractivity contribution >= 4 is 0 Å². The topological polar surface area (TPSA) is 32.7 Å². The van der Waals surface area contributed by atoms with Crippen molar-refractivity contribution < 1.29 is 9.84 Å². The van der Waals surface area contributed by atoms with Crippen LogP contribution in [0.1, 0.15) is 37.7 Å². The monoisotopic (exact) mass is 275 g/mol. The Morgan fingerprint density at radius 2 is 1.85 bits per heavy atom. The molecule has 1 saturated heterocycles. The summed E-state index contributed by atoms with van der Waals surface area (Å²) in [6, 6.07) is 8.33. The van der Waals surface area contributed by atoms with Gasteiger partial charge in [0.25, 0.3) is 0 Å². The van der Waals surface area contributed by atoms with Gasteiger partial charge >= 0.3 is 0 Å². The van der Waals surface area contributed by atoms with Crippen molar-refractivity contribution in [2.45, 2.75) is 43.1 Å². The largest absolute Gasteiger partial charge is 0.497 e. The van der Waals surface area contributed by atoms with E-state index < -0.39 is 5.60 Å². The molecular formula is C17H25NO2. The molecule has 0 bridgehead atoms. The summed E-state index contributed by atoms with van der Waals surface area (Å²) in [5.74, 6) is 0.892. The fraction of sp³-hybridized carbons (Fsp3) is 0.647. The number of ether oxygens (including phenoxy) is 1. The Morgan fingerprint density at radius 3 is 2.40 bits per heavy atom. The molecule has 0 atom stereocenters. The highest BCUT2D eigenvalue weighted by atomic mass is 16.5. The molecule has 1 N–H and O–H groups in total. The lowest BCUT2D eigenvalue weighted by molar-refractivity contribution is -0.119. The van der Waals surface area contributed by atoms with Crippen molar-refractivity contribution in [2.75, 3.05) is 27.2 Å². The van der Waals surface area contributed by atoms with Crippen LogP contribution in [-0.2, 0) is 5.41 Å². The summed E-state index contributed by atoms with van der Waals surface area (Å²) >= 11 is 0. The second kappa shape index (κ2) is 5.05. The summed E-state index contributed by atoms with van der Waals surface area (Å²) in [6.07, 6.45) is 5.10. The third kappa shape index (κ3) is 2.04. The lowest BCUT2D eigenvalue weighted by atomic mass is 9.54. The number of rotatable bonds is 3. The molecule has 1 aliphatic heterocycles. The molecule has 0 spiro atoms. The lowest BCUT2D eigenvalue weighted by Gasteiger charge is -2.56. The number of hydrogen-bond acceptors (Lipinski definition) is 3. The van der Waals surface area contributed by atoms with E-state index in [1.54, 1.807) is 7.11 Å². The fourth-order valence-electron chi connectivity index (χ4n) is 3.93. The highest BCUT2D eigenvalue weighted by molar-refractivity contribution is 5.38. The van der Waals surface area contributed by atoms with E-state index in [0.29, 0.717) is 0 Å². The third-order valence-corrected chi connectivity index (χ3v) is 5.53. The zero-order valence-electron chi connectivity index (χ0n) is 12.6. The Balaban J connectivity index is 2.00. The number of piperidine rings is 1. The first-order chi connectivity index (χ1) is 9.60. The average molecular weight is 275 g/mol. The van der Waals surface area contributed by atoms with Crippen LogP contribution in [0, 0.1) is 0 Å². The molecule has 0 unspecified atom stereocenters. The molecule has 0 radical (unpaired) electrons. The summed E-state index contributed by atoms with van der Waals surface area (Å²) in [5, 5.41) is 11.1. The number of benzene rings is 1. The van der Waals surface area contributed by atoms with Crippen LogP contribution in [0.3, 0.4) is 0 Å². The van der Waals surface area contributed by atoms with Crippen LogP contribution in [0.2, 0.25) is 0 Å². The van der Waals surface area contributed by atoms with Crippen LogP contribution in [0.15, 0.2) is 24.3 Å². The van der Waals surface area contributed by atoms with Gasteiger partial charge in [-0.05, 0) is 69.9 Å². The fourth-order valence-corrected chi connectivity index (χ4v) is 3.93. The SMILES string of the molecule is COc1cccc(C2(C3(O)CCC3)CCN(C)CC2)c1. The Bertz CT molecular complexity index is 474. The van der Waals surface area contributed by atoms with Crippen molar-refractivity contribution in [3.8, 4) is 5.75 Å². The van der Waals surface area contributed by atoms with Crippen LogP contribution in [-0.4, -0.2) is 42.9 Å². The van der Waals surface area contributed by atoms with E-state index in [-0.39, 0.29) is 5.41 Å². The minimum atomic E-state index is -0.513. The summed E-state index contributed by atoms with van der Waals surface area (Å²) in [7, 11) is 3.87. The van der Waals surface area contributed by atoms with Gasteiger partial charge in [-0.3, -0.25) is 0 Å². The van der Waals surface area contributed by atoms with E-state index in [9.17, 15) is 5.11 Å². The average Bonchev–Trinajstić information content (AvgIpc) is 2.46. The second-order valence-electron chi connectivity index (χ2n) is 6.50. The molecule has 1 aliphatic carbocycles. The molecule has 20 heavy (non-hydrogen) atoms. The Hall–Kier alpha value is -1.06. The Morgan fingerprint density at radius 1 is 1.15 bits per heavy atom. The molecular weight excluding hydrogens is 250 g/mol. The van der Waals surface area contributed by atoms with Gasteiger partial charge in [0.1, 0.15) is 5.75 Å². The summed E-state index contributed by atoms with van der Waals surface area (Å²) in [5.41, 5.74) is 0.652. The van der Waals surface area contributed by atoms with Crippen molar-refractivity contribution in [2.24, 2.45) is 0 Å². The molecule has 2 fully saturated rings. The maximum Gasteiger partial charge on any atom is 0.119 e. The molecule has 1 aromatic carbocycles. The predicted molar refractivity (Wildman–Crippen MR) is 80.2 cm³/mol. The predicted octanol–water partition coefficient (Wildman–Crippen LogP) is 2.57. The molecule has 3 heteroatoms. The third-order valence-electron chi connectivity index (χ3n) is 5.53. The van der Waals surface area contributed by atoms with Crippen LogP contribution >= 0.6 is 0 Å². The van der Waals surface area contributed by atoms with Gasteiger partial charge in [-0.1, -0.05) is 12.1 Å². The van der Waals surface area contributed by atoms with E-state index in [0.717, 1.165) is 50.9 Å². The van der Waals surface area contributed by atoms with Gasteiger partial charge in [0.15, 0.2) is 0 Å². The molecule has 1 aromatic rings. The molecule has 2 aliphatic rings. The zero-order valence-corrected chi connectivity index (χ0v) is 12.6. The maximum atomic E-state index is 11.1. The minimum Gasteiger partial charge on any atom is -0.497 e. The normalized spacial score (nSPS) is 24.9. The standard InChI is InChI=1S/C17H25NO2/c1-18-11-9-16(10-12-18,17(19)7-4-8-17)14-5-3-6-15(13-14)20-2/h3,5-6,13,19H,4,7-12H2,1-2H3. The van der Waals surface area contributed by atoms with Crippen molar-refractivity contribution in [3.05, 3.63) is 29.8 Å². The smallest absolute Gasteiger partial charge is 0.119 e. The molecule has 0 amide bonds. The minimum absolute atomic E-state index is 0.0910. The van der Waals surface area contributed by atoms with Gasteiger partial charge in [0, 0.05) is 5.41 Å². The van der Waals surface area contributed by atoms with Gasteiger partial charge < -0.3 is 14.7 Å². The van der Waals surface area contributed by atoms with Crippen molar-refractivity contribution in [1.82, 2.24) is 4.90 Å². The van der Waals surface area contributed by atoms with Gasteiger partial charge in [-0.25, -0.2) is 0 Å². The number of methoxy groups -OCH3 is 1. The van der Waals surface area contributed by atoms with Crippen LogP contribution < -0.4 is 4.74 Å². The molecule has 110 valence electrons. The summed E-state index contributed by atoms with van der Waals surface area (Å²) < 4.78 is 5.38. The van der Waals surface area contributed by atoms with Gasteiger partial charge in [0.05, 0.1) is 12.7 Å². The maximum absolute atomic E-state index is 11.1. The Kier molecular flexibility index (Phi) is 3.51. The van der Waals surface area contributed by atoms with E-state index in [1.807, 2.05) is 6.07 Å². The van der Waals surface area contributed by atoms with Crippen molar-refractivity contribution in [1.29, 1.82) is 0 Å². The number of hydrogen-bond donors (Lipinski definition) is 1. The number of nitrogens with zero attached hydrogens (tertiary/aromatic N) is 1. The highest BCUT2D eigenvalue weighted by Crippen LogP contribution is 2.53. The van der Waals surface area contributed by atoms with Gasteiger partial charge in [0.2, 0.25) is 0 Å². The van der Waals surface area contributed by atoms with Gasteiger partial charge in [-0.15, -0.1) is 0 Å². The van der Waals surface area contributed by atoms with E-state index in [1.165, 1.54) is 5.56 Å². The number of aliphatic hydroxyl groups is 1. The van der Waals surface area contributed by atoms with Crippen LogP contribution in [0.25, 0.3) is 0 Å². The lowest BCUT2D eigenvalue weighted by Crippen LogP contribution is -2.60. The first kappa shape index (κ1) is 13.9. The first-order valence-electron chi connectivity index (χ1n) is 7.65. The quantitative estimate of drug-likeness (QED) is 0.920. The molecule has 3 nitrogen and oxygen atoms in total. The number of likely N-dealkylation sites (tertiary alicyclic amines) is 1. The van der Waals surface area contributed by atoms with Gasteiger partial charge in [-0.2, -0.15) is 0 Å². The van der Waals surface area contributed by atoms with Crippen LogP contribution in [0.4, 0.5) is 0 Å². The summed E-state index contributed by atoms with van der Waals surface area (Å²) in [6.45, 7) is 2.11. The molecule has 1 heterocycles. The van der Waals surface area contributed by atoms with Crippen molar-refractivity contribution in [3.63, 3.8) is 0 Å². The zero-order chi connectivity index (χ0) is 14.2. The van der Waals surface area contributed by atoms with E-state index >= 15 is 0 Å². The highest BCUT2D eigenvalue weighted by Gasteiger charge is 2.55. The first-order valence-corrected chi connectivity index (χ1v) is 7.65. The van der Waals surface area contributed by atoms with Crippen LogP contribution in [0.5, 0.6) is 5.75 Å². The van der Waals surface area contributed by atoms with E-state index in [4.69, 9.17) is 4.74 Å². The Labute approximate surface area is 121 Å². The van der Waals surface area contributed by atoms with E-state index in [2.05, 4.69) is 30.1 Å². The molecule has 0 aromatic heterocycles. The molecule has 3 rings (SSSR count). The second-order valence-corrected chi connectivity index (χ2v) is 6.50. The summed E-state index contributed by atoms with van der Waals surface area (Å²) in [4.78, 5) is 2.36. The molecule has 1 saturated carbocycles.